The Morgan fingerprint density at radius 3 is 1.93 bits per heavy atom. The second-order valence-corrected chi connectivity index (χ2v) is 4.54. The predicted octanol–water partition coefficient (Wildman–Crippen LogP) is 4.30. The van der Waals surface area contributed by atoms with Crippen LogP contribution in [-0.4, -0.2) is 0 Å². The molecule has 76 valence electrons. The number of rotatable bonds is 2. The molecule has 0 aliphatic heterocycles. The van der Waals surface area contributed by atoms with Crippen molar-refractivity contribution in [2.45, 2.75) is 5.66 Å². The van der Waals surface area contributed by atoms with E-state index in [4.69, 9.17) is 11.6 Å². The second-order valence-electron chi connectivity index (χ2n) is 3.44. The highest BCUT2D eigenvalue weighted by Gasteiger charge is 2.06. The highest BCUT2D eigenvalue weighted by atomic mass is 35.5. The lowest BCUT2D eigenvalue weighted by Crippen LogP contribution is -1.91. The lowest BCUT2D eigenvalue weighted by Gasteiger charge is -2.11. The van der Waals surface area contributed by atoms with E-state index < -0.39 is 0 Å². The molecule has 0 aliphatic rings. The molecule has 15 heavy (non-hydrogen) atoms. The van der Waals surface area contributed by atoms with Crippen molar-refractivity contribution < 1.29 is 0 Å². The Hall–Kier alpha value is -0.840. The van der Waals surface area contributed by atoms with Crippen LogP contribution in [0.15, 0.2) is 54.6 Å². The standard InChI is InChI=1S/C13H12ClP/c14-12-8-6-11(7-9-12)13(15)10-4-2-1-3-5-10/h1-9,13H,15H2. The smallest absolute Gasteiger partial charge is 0.0406 e. The summed E-state index contributed by atoms with van der Waals surface area (Å²) in [5, 5.41) is 0.781. The van der Waals surface area contributed by atoms with Crippen LogP contribution in [0.4, 0.5) is 0 Å². The summed E-state index contributed by atoms with van der Waals surface area (Å²) >= 11 is 5.86. The summed E-state index contributed by atoms with van der Waals surface area (Å²) in [7, 11) is 2.86. The molecule has 2 unspecified atom stereocenters. The lowest BCUT2D eigenvalue weighted by atomic mass is 10.0. The van der Waals surface area contributed by atoms with Crippen molar-refractivity contribution in [1.82, 2.24) is 0 Å². The molecule has 0 fully saturated rings. The Bertz CT molecular complexity index is 422. The normalized spacial score (nSPS) is 12.4. The maximum absolute atomic E-state index is 5.86. The van der Waals surface area contributed by atoms with Crippen LogP contribution in [0.25, 0.3) is 0 Å². The van der Waals surface area contributed by atoms with Crippen LogP contribution >= 0.6 is 20.8 Å². The van der Waals surface area contributed by atoms with Crippen LogP contribution in [0.3, 0.4) is 0 Å². The molecule has 2 atom stereocenters. The van der Waals surface area contributed by atoms with Crippen LogP contribution in [0.2, 0.25) is 5.02 Å². The minimum Gasteiger partial charge on any atom is -0.125 e. The predicted molar refractivity (Wildman–Crippen MR) is 69.4 cm³/mol. The molecule has 0 aromatic heterocycles. The Morgan fingerprint density at radius 2 is 1.33 bits per heavy atom. The Labute approximate surface area is 97.5 Å². The van der Waals surface area contributed by atoms with Gasteiger partial charge in [0.25, 0.3) is 0 Å². The molecule has 0 spiro atoms. The van der Waals surface area contributed by atoms with Gasteiger partial charge in [-0.15, -0.1) is 9.24 Å². The van der Waals surface area contributed by atoms with Crippen LogP contribution < -0.4 is 0 Å². The Balaban J connectivity index is 2.29. The van der Waals surface area contributed by atoms with Gasteiger partial charge in [-0.3, -0.25) is 0 Å². The van der Waals surface area contributed by atoms with Crippen molar-refractivity contribution in [3.63, 3.8) is 0 Å². The summed E-state index contributed by atoms with van der Waals surface area (Å²) in [4.78, 5) is 0. The SMILES string of the molecule is PC(c1ccccc1)c1ccc(Cl)cc1. The van der Waals surface area contributed by atoms with Gasteiger partial charge in [-0.25, -0.2) is 0 Å². The minimum atomic E-state index is 0.337. The van der Waals surface area contributed by atoms with Gasteiger partial charge in [-0.1, -0.05) is 54.1 Å². The monoisotopic (exact) mass is 234 g/mol. The number of halogens is 1. The molecule has 0 saturated heterocycles. The van der Waals surface area contributed by atoms with Crippen molar-refractivity contribution in [2.24, 2.45) is 0 Å². The fourth-order valence-electron chi connectivity index (χ4n) is 1.52. The summed E-state index contributed by atoms with van der Waals surface area (Å²) in [6.07, 6.45) is 0. The zero-order chi connectivity index (χ0) is 10.7. The van der Waals surface area contributed by atoms with Crippen LogP contribution in [0.5, 0.6) is 0 Å². The maximum atomic E-state index is 5.86. The molecule has 0 saturated carbocycles. The first kappa shape index (κ1) is 10.7. The highest BCUT2D eigenvalue weighted by Crippen LogP contribution is 2.31. The molecule has 0 heterocycles. The fourth-order valence-corrected chi connectivity index (χ4v) is 2.09. The van der Waals surface area contributed by atoms with Crippen molar-refractivity contribution >= 4 is 20.8 Å². The highest BCUT2D eigenvalue weighted by molar-refractivity contribution is 7.17. The van der Waals surface area contributed by atoms with Gasteiger partial charge in [0.2, 0.25) is 0 Å². The average Bonchev–Trinajstić information content (AvgIpc) is 2.30. The van der Waals surface area contributed by atoms with Gasteiger partial charge >= 0.3 is 0 Å². The third kappa shape index (κ3) is 2.59. The van der Waals surface area contributed by atoms with Crippen molar-refractivity contribution in [1.29, 1.82) is 0 Å². The van der Waals surface area contributed by atoms with Gasteiger partial charge in [0.15, 0.2) is 0 Å². The quantitative estimate of drug-likeness (QED) is 0.680. The summed E-state index contributed by atoms with van der Waals surface area (Å²) in [5.41, 5.74) is 2.89. The molecule has 0 bridgehead atoms. The lowest BCUT2D eigenvalue weighted by molar-refractivity contribution is 1.16. The third-order valence-corrected chi connectivity index (χ3v) is 3.41. The van der Waals surface area contributed by atoms with Gasteiger partial charge in [0.05, 0.1) is 0 Å². The molecule has 2 aromatic rings. The van der Waals surface area contributed by atoms with Crippen LogP contribution in [0.1, 0.15) is 16.8 Å². The molecule has 2 rings (SSSR count). The summed E-state index contributed by atoms with van der Waals surface area (Å²) in [6.45, 7) is 0. The van der Waals surface area contributed by atoms with E-state index in [-0.39, 0.29) is 0 Å². The van der Waals surface area contributed by atoms with Gasteiger partial charge < -0.3 is 0 Å². The third-order valence-electron chi connectivity index (χ3n) is 2.39. The van der Waals surface area contributed by atoms with E-state index in [1.165, 1.54) is 11.1 Å². The van der Waals surface area contributed by atoms with E-state index in [0.29, 0.717) is 5.66 Å². The van der Waals surface area contributed by atoms with E-state index in [1.54, 1.807) is 0 Å². The fraction of sp³-hybridized carbons (Fsp3) is 0.0769. The van der Waals surface area contributed by atoms with E-state index in [2.05, 4.69) is 45.6 Å². The molecule has 0 N–H and O–H groups in total. The zero-order valence-corrected chi connectivity index (χ0v) is 10.1. The number of benzene rings is 2. The van der Waals surface area contributed by atoms with Crippen LogP contribution in [0, 0.1) is 0 Å². The second kappa shape index (κ2) is 4.79. The first-order valence-corrected chi connectivity index (χ1v) is 5.88. The topological polar surface area (TPSA) is 0 Å². The molecule has 2 aromatic carbocycles. The Morgan fingerprint density at radius 1 is 0.800 bits per heavy atom. The van der Waals surface area contributed by atoms with Gasteiger partial charge in [-0.2, -0.15) is 0 Å². The number of hydrogen-bond donors (Lipinski definition) is 0. The molecule has 0 aliphatic carbocycles. The molecular formula is C13H12ClP. The maximum Gasteiger partial charge on any atom is 0.0406 e. The van der Waals surface area contributed by atoms with Crippen molar-refractivity contribution in [3.05, 3.63) is 70.7 Å². The molecule has 2 heteroatoms. The van der Waals surface area contributed by atoms with Gasteiger partial charge in [-0.05, 0) is 23.3 Å². The minimum absolute atomic E-state index is 0.337. The largest absolute Gasteiger partial charge is 0.125 e. The summed E-state index contributed by atoms with van der Waals surface area (Å²) in [6, 6.07) is 18.4. The molecule has 0 nitrogen and oxygen atoms in total. The first-order chi connectivity index (χ1) is 7.27. The van der Waals surface area contributed by atoms with E-state index in [9.17, 15) is 0 Å². The van der Waals surface area contributed by atoms with E-state index >= 15 is 0 Å². The zero-order valence-electron chi connectivity index (χ0n) is 8.23. The molecular weight excluding hydrogens is 223 g/mol. The van der Waals surface area contributed by atoms with E-state index in [1.807, 2.05) is 18.2 Å². The average molecular weight is 235 g/mol. The Kier molecular flexibility index (Phi) is 3.41. The summed E-state index contributed by atoms with van der Waals surface area (Å²) < 4.78 is 0. The molecule has 0 amide bonds. The van der Waals surface area contributed by atoms with Crippen molar-refractivity contribution in [3.8, 4) is 0 Å². The van der Waals surface area contributed by atoms with Crippen molar-refractivity contribution in [2.75, 3.05) is 0 Å². The van der Waals surface area contributed by atoms with E-state index in [0.717, 1.165) is 5.02 Å². The summed E-state index contributed by atoms with van der Waals surface area (Å²) in [5.74, 6) is 0. The molecule has 0 radical (unpaired) electrons. The van der Waals surface area contributed by atoms with Gasteiger partial charge in [0, 0.05) is 10.7 Å². The van der Waals surface area contributed by atoms with Crippen LogP contribution in [-0.2, 0) is 0 Å². The first-order valence-electron chi connectivity index (χ1n) is 4.83. The number of hydrogen-bond acceptors (Lipinski definition) is 0. The van der Waals surface area contributed by atoms with Gasteiger partial charge in [0.1, 0.15) is 0 Å².